The number of carbonyl (C=O) groups is 2. The van der Waals surface area contributed by atoms with Gasteiger partial charge in [-0.3, -0.25) is 0 Å². The van der Waals surface area contributed by atoms with Crippen molar-refractivity contribution < 1.29 is 19.8 Å². The molecule has 2 aromatic rings. The maximum atomic E-state index is 9.55. The van der Waals surface area contributed by atoms with Crippen LogP contribution in [0.3, 0.4) is 0 Å². The third-order valence-electron chi connectivity index (χ3n) is 4.52. The molecule has 1 aliphatic rings. The van der Waals surface area contributed by atoms with Gasteiger partial charge in [-0.05, 0) is 19.5 Å². The van der Waals surface area contributed by atoms with Gasteiger partial charge >= 0.3 is 11.9 Å². The summed E-state index contributed by atoms with van der Waals surface area (Å²) < 4.78 is 0. The number of piperazine rings is 1. The first kappa shape index (κ1) is 23.6. The minimum absolute atomic E-state index is 0.313. The fourth-order valence-corrected chi connectivity index (χ4v) is 2.78. The van der Waals surface area contributed by atoms with Crippen LogP contribution in [0.15, 0.2) is 42.5 Å². The standard InChI is InChI=1S/C17H24N6.C4H4O4/c1-13-3-5-14(6-4-13)12-19-15-11-16(21-17(18)20-15)23-9-7-22(2)8-10-23;5-3(6)1-2-4(7)8/h3-6,11H,7-10,12H2,1-2H3,(H3,18,19,20,21);1-2H,(H,5,6)(H,7,8)/b;2-1-. The molecule has 1 fully saturated rings. The van der Waals surface area contributed by atoms with Crippen molar-refractivity contribution in [1.29, 1.82) is 0 Å². The number of anilines is 3. The van der Waals surface area contributed by atoms with Gasteiger partial charge in [0.25, 0.3) is 0 Å². The lowest BCUT2D eigenvalue weighted by molar-refractivity contribution is -0.134. The van der Waals surface area contributed by atoms with Crippen LogP contribution in [0.25, 0.3) is 0 Å². The molecule has 2 heterocycles. The molecule has 31 heavy (non-hydrogen) atoms. The molecule has 1 aromatic heterocycles. The van der Waals surface area contributed by atoms with E-state index in [0.29, 0.717) is 18.1 Å². The van der Waals surface area contributed by atoms with E-state index in [4.69, 9.17) is 15.9 Å². The van der Waals surface area contributed by atoms with Gasteiger partial charge in [-0.15, -0.1) is 0 Å². The maximum Gasteiger partial charge on any atom is 0.328 e. The predicted molar refractivity (Wildman–Crippen MR) is 119 cm³/mol. The Hall–Kier alpha value is -3.66. The van der Waals surface area contributed by atoms with Crippen LogP contribution in [0.1, 0.15) is 11.1 Å². The van der Waals surface area contributed by atoms with Gasteiger partial charge < -0.3 is 31.1 Å². The van der Waals surface area contributed by atoms with Crippen LogP contribution >= 0.6 is 0 Å². The monoisotopic (exact) mass is 428 g/mol. The van der Waals surface area contributed by atoms with Crippen molar-refractivity contribution in [1.82, 2.24) is 14.9 Å². The van der Waals surface area contributed by atoms with Crippen molar-refractivity contribution >= 4 is 29.5 Å². The van der Waals surface area contributed by atoms with Gasteiger partial charge in [-0.2, -0.15) is 9.97 Å². The zero-order valence-corrected chi connectivity index (χ0v) is 17.7. The Morgan fingerprint density at radius 1 is 1.06 bits per heavy atom. The Labute approximate surface area is 181 Å². The number of aryl methyl sites for hydroxylation is 1. The molecule has 1 aromatic carbocycles. The summed E-state index contributed by atoms with van der Waals surface area (Å²) >= 11 is 0. The normalized spacial score (nSPS) is 14.1. The average Bonchev–Trinajstić information content (AvgIpc) is 2.72. The van der Waals surface area contributed by atoms with Crippen molar-refractivity contribution in [3.05, 3.63) is 53.6 Å². The number of hydrogen-bond donors (Lipinski definition) is 4. The van der Waals surface area contributed by atoms with Crippen LogP contribution in [0, 0.1) is 6.92 Å². The fraction of sp³-hybridized carbons (Fsp3) is 0.333. The lowest BCUT2D eigenvalue weighted by Gasteiger charge is -2.33. The second-order valence-corrected chi connectivity index (χ2v) is 7.11. The highest BCUT2D eigenvalue weighted by Crippen LogP contribution is 2.19. The van der Waals surface area contributed by atoms with Crippen molar-refractivity contribution in [3.8, 4) is 0 Å². The van der Waals surface area contributed by atoms with Crippen molar-refractivity contribution in [2.45, 2.75) is 13.5 Å². The summed E-state index contributed by atoms with van der Waals surface area (Å²) in [6.45, 7) is 6.81. The smallest absolute Gasteiger partial charge is 0.328 e. The van der Waals surface area contributed by atoms with Crippen molar-refractivity contribution in [3.63, 3.8) is 0 Å². The van der Waals surface area contributed by atoms with Crippen LogP contribution in [0.4, 0.5) is 17.6 Å². The van der Waals surface area contributed by atoms with Crippen molar-refractivity contribution in [2.24, 2.45) is 0 Å². The first-order valence-corrected chi connectivity index (χ1v) is 9.74. The van der Waals surface area contributed by atoms with Crippen LogP contribution in [-0.2, 0) is 16.1 Å². The molecular weight excluding hydrogens is 400 g/mol. The molecule has 0 saturated carbocycles. The van der Waals surface area contributed by atoms with Gasteiger partial charge in [-0.1, -0.05) is 29.8 Å². The third-order valence-corrected chi connectivity index (χ3v) is 4.52. The highest BCUT2D eigenvalue weighted by atomic mass is 16.4. The molecule has 5 N–H and O–H groups in total. The molecule has 0 radical (unpaired) electrons. The number of nitrogens with zero attached hydrogens (tertiary/aromatic N) is 4. The zero-order chi connectivity index (χ0) is 22.8. The number of aromatic nitrogens is 2. The summed E-state index contributed by atoms with van der Waals surface area (Å²) in [6, 6.07) is 10.4. The van der Waals surface area contributed by atoms with Crippen LogP contribution in [0.5, 0.6) is 0 Å². The Morgan fingerprint density at radius 2 is 1.65 bits per heavy atom. The van der Waals surface area contributed by atoms with E-state index in [0.717, 1.165) is 44.4 Å². The lowest BCUT2D eigenvalue weighted by atomic mass is 10.1. The number of nitrogens with two attached hydrogens (primary N) is 1. The molecule has 0 aliphatic carbocycles. The zero-order valence-electron chi connectivity index (χ0n) is 17.7. The minimum atomic E-state index is -1.26. The molecule has 10 heteroatoms. The van der Waals surface area contributed by atoms with Gasteiger partial charge in [0.05, 0.1) is 0 Å². The van der Waals surface area contributed by atoms with E-state index < -0.39 is 11.9 Å². The Bertz CT molecular complexity index is 893. The van der Waals surface area contributed by atoms with Gasteiger partial charge in [0.2, 0.25) is 5.95 Å². The number of carboxylic acids is 2. The largest absolute Gasteiger partial charge is 0.478 e. The van der Waals surface area contributed by atoms with E-state index in [2.05, 4.69) is 63.3 Å². The molecular formula is C21H28N6O4. The highest BCUT2D eigenvalue weighted by molar-refractivity contribution is 5.89. The van der Waals surface area contributed by atoms with Gasteiger partial charge in [0.15, 0.2) is 0 Å². The highest BCUT2D eigenvalue weighted by Gasteiger charge is 2.16. The van der Waals surface area contributed by atoms with E-state index in [1.807, 2.05) is 6.07 Å². The second kappa shape index (κ2) is 11.5. The number of nitrogens with one attached hydrogen (secondary N) is 1. The van der Waals surface area contributed by atoms with Gasteiger partial charge in [0.1, 0.15) is 11.6 Å². The van der Waals surface area contributed by atoms with Crippen LogP contribution < -0.4 is 16.0 Å². The minimum Gasteiger partial charge on any atom is -0.478 e. The first-order valence-electron chi connectivity index (χ1n) is 9.74. The molecule has 0 bridgehead atoms. The fourth-order valence-electron chi connectivity index (χ4n) is 2.78. The SMILES string of the molecule is Cc1ccc(CNc2cc(N3CCN(C)CC3)nc(N)n2)cc1.O=C(O)/C=C\C(=O)O. The number of rotatable bonds is 6. The van der Waals surface area contributed by atoms with Gasteiger partial charge in [-0.25, -0.2) is 9.59 Å². The van der Waals surface area contributed by atoms with Gasteiger partial charge in [0, 0.05) is 50.9 Å². The summed E-state index contributed by atoms with van der Waals surface area (Å²) in [5.74, 6) is -0.531. The molecule has 0 amide bonds. The molecule has 0 atom stereocenters. The number of carboxylic acid groups (broad SMARTS) is 2. The molecule has 1 saturated heterocycles. The number of likely N-dealkylation sites (N-methyl/N-ethyl adjacent to an activating group) is 1. The van der Waals surface area contributed by atoms with E-state index in [9.17, 15) is 9.59 Å². The van der Waals surface area contributed by atoms with E-state index in [1.54, 1.807) is 0 Å². The summed E-state index contributed by atoms with van der Waals surface area (Å²) in [6.07, 6.45) is 1.12. The number of benzene rings is 1. The van der Waals surface area contributed by atoms with E-state index in [-0.39, 0.29) is 0 Å². The molecule has 1 aliphatic heterocycles. The summed E-state index contributed by atoms with van der Waals surface area (Å²) in [5.41, 5.74) is 8.36. The van der Waals surface area contributed by atoms with Crippen LogP contribution in [0.2, 0.25) is 0 Å². The average molecular weight is 428 g/mol. The van der Waals surface area contributed by atoms with E-state index in [1.165, 1.54) is 11.1 Å². The summed E-state index contributed by atoms with van der Waals surface area (Å²) in [4.78, 5) is 32.4. The molecule has 10 nitrogen and oxygen atoms in total. The number of hydrogen-bond acceptors (Lipinski definition) is 8. The summed E-state index contributed by atoms with van der Waals surface area (Å²) in [7, 11) is 2.14. The third kappa shape index (κ3) is 8.70. The Morgan fingerprint density at radius 3 is 2.19 bits per heavy atom. The number of aliphatic carboxylic acids is 2. The first-order chi connectivity index (χ1) is 14.7. The van der Waals surface area contributed by atoms with Crippen molar-refractivity contribution in [2.75, 3.05) is 49.2 Å². The molecule has 166 valence electrons. The topological polar surface area (TPSA) is 145 Å². The molecule has 0 spiro atoms. The second-order valence-electron chi connectivity index (χ2n) is 7.11. The Kier molecular flexibility index (Phi) is 8.77. The Balaban J connectivity index is 0.000000366. The summed E-state index contributed by atoms with van der Waals surface area (Å²) in [5, 5.41) is 19.0. The predicted octanol–water partition coefficient (Wildman–Crippen LogP) is 1.44. The maximum absolute atomic E-state index is 9.55. The van der Waals surface area contributed by atoms with Crippen LogP contribution in [-0.4, -0.2) is 70.2 Å². The molecule has 0 unspecified atom stereocenters. The van der Waals surface area contributed by atoms with E-state index >= 15 is 0 Å². The lowest BCUT2D eigenvalue weighted by Crippen LogP contribution is -2.44. The number of nitrogen functional groups attached to an aromatic ring is 1. The molecule has 3 rings (SSSR count). The quantitative estimate of drug-likeness (QED) is 0.499.